The Hall–Kier alpha value is -1.14. The first-order valence-corrected chi connectivity index (χ1v) is 3.31. The Balaban J connectivity index is 3.53. The molecule has 0 aromatic heterocycles. The molecule has 12 heavy (non-hydrogen) atoms. The van der Waals surface area contributed by atoms with Gasteiger partial charge in [-0.15, -0.1) is 0 Å². The fourth-order valence-electron chi connectivity index (χ4n) is 0.477. The van der Waals surface area contributed by atoms with Crippen LogP contribution in [0.3, 0.4) is 0 Å². The molecule has 0 heterocycles. The monoisotopic (exact) mass is 177 g/mol. The van der Waals surface area contributed by atoms with Gasteiger partial charge in [-0.1, -0.05) is 0 Å². The lowest BCUT2D eigenvalue weighted by Gasteiger charge is -2.05. The number of aliphatic hydroxyl groups excluding tert-OH is 1. The van der Waals surface area contributed by atoms with Gasteiger partial charge in [-0.25, -0.2) is 4.79 Å². The predicted octanol–water partition coefficient (Wildman–Crippen LogP) is -1.68. The van der Waals surface area contributed by atoms with Gasteiger partial charge in [0.15, 0.2) is 6.61 Å². The predicted molar refractivity (Wildman–Crippen MR) is 38.3 cm³/mol. The third kappa shape index (κ3) is 5.63. The molecule has 70 valence electrons. The maximum atomic E-state index is 10.6. The Kier molecular flexibility index (Phi) is 4.98. The first-order chi connectivity index (χ1) is 5.56. The fourth-order valence-corrected chi connectivity index (χ4v) is 0.477. The van der Waals surface area contributed by atoms with Crippen LogP contribution in [0.5, 0.6) is 0 Å². The van der Waals surface area contributed by atoms with Crippen LogP contribution in [0, 0.1) is 0 Å². The van der Waals surface area contributed by atoms with Crippen molar-refractivity contribution in [3.8, 4) is 0 Å². The van der Waals surface area contributed by atoms with E-state index in [2.05, 4.69) is 4.74 Å². The number of carboxylic acid groups (broad SMARTS) is 1. The summed E-state index contributed by atoms with van der Waals surface area (Å²) < 4.78 is 4.22. The summed E-state index contributed by atoms with van der Waals surface area (Å²) in [6.45, 7) is -0.738. The molecule has 0 amide bonds. The zero-order valence-corrected chi connectivity index (χ0v) is 6.40. The number of aliphatic hydroxyl groups is 1. The lowest BCUT2D eigenvalue weighted by atomic mass is 10.2. The Bertz CT molecular complexity index is 169. The Morgan fingerprint density at radius 1 is 1.50 bits per heavy atom. The van der Waals surface area contributed by atoms with Crippen molar-refractivity contribution in [2.75, 3.05) is 13.2 Å². The lowest BCUT2D eigenvalue weighted by molar-refractivity contribution is -0.156. The second kappa shape index (κ2) is 5.50. The first-order valence-electron chi connectivity index (χ1n) is 3.31. The molecule has 0 spiro atoms. The van der Waals surface area contributed by atoms with Gasteiger partial charge in [0.2, 0.25) is 0 Å². The van der Waals surface area contributed by atoms with Crippen molar-refractivity contribution in [2.24, 2.45) is 5.73 Å². The molecule has 6 heteroatoms. The van der Waals surface area contributed by atoms with Crippen molar-refractivity contribution >= 4 is 11.9 Å². The minimum Gasteiger partial charge on any atom is -0.479 e. The van der Waals surface area contributed by atoms with E-state index in [1.807, 2.05) is 0 Å². The molecular formula is C6H11NO5. The maximum Gasteiger partial charge on any atom is 0.341 e. The lowest BCUT2D eigenvalue weighted by Crippen LogP contribution is -2.25. The maximum absolute atomic E-state index is 10.6. The van der Waals surface area contributed by atoms with Crippen LogP contribution >= 0.6 is 0 Å². The van der Waals surface area contributed by atoms with E-state index in [0.717, 1.165) is 0 Å². The van der Waals surface area contributed by atoms with Crippen molar-refractivity contribution in [1.29, 1.82) is 0 Å². The van der Waals surface area contributed by atoms with E-state index in [-0.39, 0.29) is 13.0 Å². The highest BCUT2D eigenvalue weighted by atomic mass is 16.5. The second-order valence-electron chi connectivity index (χ2n) is 2.15. The molecule has 1 unspecified atom stereocenters. The fraction of sp³-hybridized carbons (Fsp3) is 0.667. The molecule has 0 aromatic carbocycles. The molecule has 0 aliphatic carbocycles. The quantitative estimate of drug-likeness (QED) is 0.433. The van der Waals surface area contributed by atoms with Gasteiger partial charge in [-0.2, -0.15) is 0 Å². The van der Waals surface area contributed by atoms with Crippen LogP contribution in [0.2, 0.25) is 0 Å². The number of carboxylic acids is 1. The smallest absolute Gasteiger partial charge is 0.341 e. The summed E-state index contributed by atoms with van der Waals surface area (Å²) in [5.41, 5.74) is 5.00. The van der Waals surface area contributed by atoms with Gasteiger partial charge in [-0.3, -0.25) is 4.79 Å². The molecule has 0 bridgehead atoms. The van der Waals surface area contributed by atoms with Crippen molar-refractivity contribution in [2.45, 2.75) is 12.5 Å². The summed E-state index contributed by atoms with van der Waals surface area (Å²) in [7, 11) is 0. The number of carbonyl (C=O) groups excluding carboxylic acids is 1. The van der Waals surface area contributed by atoms with Crippen LogP contribution in [0.4, 0.5) is 0 Å². The molecule has 0 saturated carbocycles. The molecule has 0 aliphatic heterocycles. The minimum absolute atomic E-state index is 0.0534. The molecule has 1 atom stereocenters. The average molecular weight is 177 g/mol. The van der Waals surface area contributed by atoms with E-state index < -0.39 is 24.6 Å². The molecule has 0 radical (unpaired) electrons. The van der Waals surface area contributed by atoms with E-state index in [0.29, 0.717) is 0 Å². The number of ether oxygens (including phenoxy) is 1. The molecule has 4 N–H and O–H groups in total. The van der Waals surface area contributed by atoms with E-state index >= 15 is 0 Å². The number of esters is 1. The van der Waals surface area contributed by atoms with E-state index in [1.165, 1.54) is 0 Å². The average Bonchev–Trinajstić information content (AvgIpc) is 2.00. The summed E-state index contributed by atoms with van der Waals surface area (Å²) in [6.07, 6.45) is -1.24. The van der Waals surface area contributed by atoms with E-state index in [4.69, 9.17) is 15.9 Å². The molecule has 0 aromatic rings. The minimum atomic E-state index is -1.23. The second-order valence-corrected chi connectivity index (χ2v) is 2.15. The van der Waals surface area contributed by atoms with Crippen molar-refractivity contribution < 1.29 is 24.5 Å². The molecule has 0 fully saturated rings. The number of nitrogens with two attached hydrogens (primary N) is 1. The highest BCUT2D eigenvalue weighted by molar-refractivity contribution is 5.75. The van der Waals surface area contributed by atoms with Gasteiger partial charge in [0.05, 0.1) is 12.5 Å². The molecule has 0 rings (SSSR count). The molecular weight excluding hydrogens is 166 g/mol. The molecule has 6 nitrogen and oxygen atoms in total. The summed E-state index contributed by atoms with van der Waals surface area (Å²) in [6, 6.07) is 0. The number of carbonyl (C=O) groups is 2. The summed E-state index contributed by atoms with van der Waals surface area (Å²) in [5, 5.41) is 16.9. The SMILES string of the molecule is NCC(O)CC(=O)OCC(=O)O. The Morgan fingerprint density at radius 3 is 2.50 bits per heavy atom. The molecule has 0 aliphatic rings. The van der Waals surface area contributed by atoms with Gasteiger partial charge >= 0.3 is 11.9 Å². The Labute approximate surface area is 68.9 Å². The first kappa shape index (κ1) is 10.9. The van der Waals surface area contributed by atoms with Gasteiger partial charge in [0, 0.05) is 6.54 Å². The van der Waals surface area contributed by atoms with Crippen LogP contribution in [-0.4, -0.2) is 41.4 Å². The van der Waals surface area contributed by atoms with Crippen molar-refractivity contribution in [3.63, 3.8) is 0 Å². The number of aliphatic carboxylic acids is 1. The summed E-state index contributed by atoms with van der Waals surface area (Å²) in [5.74, 6) is -2.00. The highest BCUT2D eigenvalue weighted by Crippen LogP contribution is 1.92. The van der Waals surface area contributed by atoms with Crippen LogP contribution in [-0.2, 0) is 14.3 Å². The number of hydrogen-bond acceptors (Lipinski definition) is 5. The van der Waals surface area contributed by atoms with Crippen LogP contribution in [0.15, 0.2) is 0 Å². The molecule has 0 saturated heterocycles. The van der Waals surface area contributed by atoms with Gasteiger partial charge in [0.1, 0.15) is 0 Å². The van der Waals surface area contributed by atoms with Crippen LogP contribution in [0.1, 0.15) is 6.42 Å². The highest BCUT2D eigenvalue weighted by Gasteiger charge is 2.11. The van der Waals surface area contributed by atoms with Gasteiger partial charge < -0.3 is 20.7 Å². The normalized spacial score (nSPS) is 12.2. The largest absolute Gasteiger partial charge is 0.479 e. The van der Waals surface area contributed by atoms with Gasteiger partial charge in [0.25, 0.3) is 0 Å². The number of hydrogen-bond donors (Lipinski definition) is 3. The van der Waals surface area contributed by atoms with Crippen LogP contribution < -0.4 is 5.73 Å². The summed E-state index contributed by atoms with van der Waals surface area (Å²) in [4.78, 5) is 20.5. The third-order valence-electron chi connectivity index (χ3n) is 1.03. The standard InChI is InChI=1S/C6H11NO5/c7-2-4(8)1-6(11)12-3-5(9)10/h4,8H,1-3,7H2,(H,9,10). The van der Waals surface area contributed by atoms with Crippen LogP contribution in [0.25, 0.3) is 0 Å². The topological polar surface area (TPSA) is 110 Å². The van der Waals surface area contributed by atoms with Crippen molar-refractivity contribution in [3.05, 3.63) is 0 Å². The third-order valence-corrected chi connectivity index (χ3v) is 1.03. The van der Waals surface area contributed by atoms with Gasteiger partial charge in [-0.05, 0) is 0 Å². The number of rotatable bonds is 5. The Morgan fingerprint density at radius 2 is 2.08 bits per heavy atom. The summed E-state index contributed by atoms with van der Waals surface area (Å²) >= 11 is 0. The zero-order valence-electron chi connectivity index (χ0n) is 6.40. The zero-order chi connectivity index (χ0) is 9.56. The van der Waals surface area contributed by atoms with E-state index in [1.54, 1.807) is 0 Å². The van der Waals surface area contributed by atoms with E-state index in [9.17, 15) is 9.59 Å². The van der Waals surface area contributed by atoms with Crippen molar-refractivity contribution in [1.82, 2.24) is 0 Å².